The number of esters is 1. The van der Waals surface area contributed by atoms with E-state index in [-0.39, 0.29) is 36.5 Å². The molecule has 0 aliphatic carbocycles. The molecule has 8 nitrogen and oxygen atoms in total. The lowest BCUT2D eigenvalue weighted by Gasteiger charge is -2.36. The van der Waals surface area contributed by atoms with Crippen molar-refractivity contribution in [2.45, 2.75) is 46.6 Å². The highest BCUT2D eigenvalue weighted by Crippen LogP contribution is 2.19. The molecule has 154 valence electrons. The summed E-state index contributed by atoms with van der Waals surface area (Å²) in [5.41, 5.74) is -0.490. The summed E-state index contributed by atoms with van der Waals surface area (Å²) in [4.78, 5) is 25.4. The second-order valence-corrected chi connectivity index (χ2v) is 7.81. The zero-order valence-electron chi connectivity index (χ0n) is 16.8. The number of aryl methyl sites for hydroxylation is 1. The van der Waals surface area contributed by atoms with Gasteiger partial charge < -0.3 is 19.9 Å². The smallest absolute Gasteiger partial charge is 0.328 e. The highest BCUT2D eigenvalue weighted by Gasteiger charge is 2.22. The summed E-state index contributed by atoms with van der Waals surface area (Å²) < 4.78 is 9.69. The zero-order chi connectivity index (χ0) is 19.2. The van der Waals surface area contributed by atoms with E-state index in [0.717, 1.165) is 56.1 Å². The van der Waals surface area contributed by atoms with Crippen molar-refractivity contribution in [2.24, 2.45) is 4.99 Å². The molecule has 0 atom stereocenters. The summed E-state index contributed by atoms with van der Waals surface area (Å²) in [6.45, 7) is 13.8. The Kier molecular flexibility index (Phi) is 9.71. The molecule has 1 N–H and O–H groups in total. The monoisotopic (exact) mass is 510 g/mol. The van der Waals surface area contributed by atoms with Crippen LogP contribution in [0.1, 0.15) is 40.4 Å². The number of nitrogens with one attached hydrogen (secondary N) is 1. The van der Waals surface area contributed by atoms with Crippen molar-refractivity contribution in [3.63, 3.8) is 0 Å². The van der Waals surface area contributed by atoms with Crippen LogP contribution in [0.5, 0.6) is 0 Å². The number of guanidine groups is 1. The first-order valence-electron chi connectivity index (χ1n) is 9.15. The number of piperazine rings is 1. The molecule has 0 unspecified atom stereocenters. The van der Waals surface area contributed by atoms with Crippen LogP contribution in [0.3, 0.4) is 0 Å². The van der Waals surface area contributed by atoms with Gasteiger partial charge in [-0.3, -0.25) is 4.79 Å². The van der Waals surface area contributed by atoms with Crippen molar-refractivity contribution in [3.05, 3.63) is 5.82 Å². The van der Waals surface area contributed by atoms with Gasteiger partial charge >= 0.3 is 5.97 Å². The summed E-state index contributed by atoms with van der Waals surface area (Å²) in [6.07, 6.45) is 0.859. The Labute approximate surface area is 183 Å². The van der Waals surface area contributed by atoms with Gasteiger partial charge in [0.1, 0.15) is 18.0 Å². The van der Waals surface area contributed by atoms with Gasteiger partial charge in [0.15, 0.2) is 5.96 Å². The van der Waals surface area contributed by atoms with E-state index in [4.69, 9.17) is 4.74 Å². The number of hydrogen-bond donors (Lipinski definition) is 1. The predicted octanol–water partition coefficient (Wildman–Crippen LogP) is 2.15. The molecule has 0 spiro atoms. The normalized spacial score (nSPS) is 15.4. The van der Waals surface area contributed by atoms with Gasteiger partial charge in [0.05, 0.1) is 0 Å². The van der Waals surface area contributed by atoms with Crippen LogP contribution in [0.25, 0.3) is 0 Å². The van der Waals surface area contributed by atoms with E-state index < -0.39 is 5.60 Å². The molecule has 1 aromatic heterocycles. The largest absolute Gasteiger partial charge is 0.459 e. The van der Waals surface area contributed by atoms with Crippen LogP contribution in [-0.2, 0) is 16.0 Å². The first-order chi connectivity index (χ1) is 12.3. The van der Waals surface area contributed by atoms with Crippen molar-refractivity contribution in [2.75, 3.05) is 44.2 Å². The van der Waals surface area contributed by atoms with Crippen molar-refractivity contribution < 1.29 is 9.53 Å². The minimum Gasteiger partial charge on any atom is -0.459 e. The zero-order valence-corrected chi connectivity index (χ0v) is 20.0. The summed E-state index contributed by atoms with van der Waals surface area (Å²) in [5.74, 6) is 1.34. The van der Waals surface area contributed by atoms with Crippen molar-refractivity contribution in [1.29, 1.82) is 0 Å². The van der Waals surface area contributed by atoms with E-state index in [1.54, 1.807) is 0 Å². The minimum absolute atomic E-state index is 0. The second kappa shape index (κ2) is 11.0. The molecule has 1 aliphatic rings. The van der Waals surface area contributed by atoms with E-state index in [0.29, 0.717) is 0 Å². The third-order valence-electron chi connectivity index (χ3n) is 3.74. The highest BCUT2D eigenvalue weighted by atomic mass is 127. The summed E-state index contributed by atoms with van der Waals surface area (Å²) in [7, 11) is 0. The van der Waals surface area contributed by atoms with Crippen LogP contribution in [0.4, 0.5) is 5.13 Å². The average Bonchev–Trinajstić information content (AvgIpc) is 3.06. The Morgan fingerprint density at radius 3 is 2.44 bits per heavy atom. The van der Waals surface area contributed by atoms with E-state index in [2.05, 4.69) is 36.4 Å². The van der Waals surface area contributed by atoms with E-state index in [1.165, 1.54) is 11.5 Å². The molecular formula is C17H31IN6O2S. The number of halogens is 1. The van der Waals surface area contributed by atoms with Gasteiger partial charge in [0.25, 0.3) is 0 Å². The van der Waals surface area contributed by atoms with Crippen LogP contribution in [0.15, 0.2) is 4.99 Å². The van der Waals surface area contributed by atoms with Crippen molar-refractivity contribution >= 4 is 52.6 Å². The predicted molar refractivity (Wildman–Crippen MR) is 120 cm³/mol. The topological polar surface area (TPSA) is 83.0 Å². The van der Waals surface area contributed by atoms with E-state index in [9.17, 15) is 4.79 Å². The first kappa shape index (κ1) is 23.9. The van der Waals surface area contributed by atoms with E-state index >= 15 is 0 Å². The SMILES string of the molecule is CCNC(=NCC(=O)OC(C)(C)C)N1CCN(c2nc(CC)ns2)CC1.I. The van der Waals surface area contributed by atoms with Gasteiger partial charge in [-0.15, -0.1) is 24.0 Å². The summed E-state index contributed by atoms with van der Waals surface area (Å²) >= 11 is 1.46. The lowest BCUT2D eigenvalue weighted by atomic mass is 10.2. The molecule has 0 radical (unpaired) electrons. The van der Waals surface area contributed by atoms with Crippen molar-refractivity contribution in [3.8, 4) is 0 Å². The number of rotatable bonds is 5. The fraction of sp³-hybridized carbons (Fsp3) is 0.765. The molecule has 10 heteroatoms. The molecule has 1 aliphatic heterocycles. The quantitative estimate of drug-likeness (QED) is 0.281. The number of aromatic nitrogens is 2. The molecule has 27 heavy (non-hydrogen) atoms. The number of anilines is 1. The Balaban J connectivity index is 0.00000364. The van der Waals surface area contributed by atoms with Crippen LogP contribution in [0, 0.1) is 0 Å². The lowest BCUT2D eigenvalue weighted by molar-refractivity contribution is -0.152. The Bertz CT molecular complexity index is 623. The van der Waals surface area contributed by atoms with Gasteiger partial charge in [0.2, 0.25) is 5.13 Å². The first-order valence-corrected chi connectivity index (χ1v) is 9.92. The third kappa shape index (κ3) is 7.76. The molecule has 0 aromatic carbocycles. The van der Waals surface area contributed by atoms with Crippen LogP contribution in [0.2, 0.25) is 0 Å². The number of carbonyl (C=O) groups is 1. The fourth-order valence-electron chi connectivity index (χ4n) is 2.57. The third-order valence-corrected chi connectivity index (χ3v) is 4.55. The number of carbonyl (C=O) groups excluding carboxylic acids is 1. The Morgan fingerprint density at radius 1 is 1.26 bits per heavy atom. The van der Waals surface area contributed by atoms with Crippen LogP contribution < -0.4 is 10.2 Å². The lowest BCUT2D eigenvalue weighted by Crippen LogP contribution is -2.52. The van der Waals surface area contributed by atoms with Gasteiger partial charge in [-0.2, -0.15) is 4.37 Å². The molecule has 1 fully saturated rings. The molecule has 2 rings (SSSR count). The fourth-order valence-corrected chi connectivity index (χ4v) is 3.37. The van der Waals surface area contributed by atoms with Crippen molar-refractivity contribution in [1.82, 2.24) is 19.6 Å². The molecule has 1 aromatic rings. The Morgan fingerprint density at radius 2 is 1.93 bits per heavy atom. The van der Waals surface area contributed by atoms with Crippen LogP contribution >= 0.6 is 35.5 Å². The number of aliphatic imine (C=N–C) groups is 1. The maximum atomic E-state index is 11.9. The summed E-state index contributed by atoms with van der Waals surface area (Å²) in [6, 6.07) is 0. The molecule has 0 bridgehead atoms. The second-order valence-electron chi connectivity index (χ2n) is 7.08. The van der Waals surface area contributed by atoms with Gasteiger partial charge in [-0.1, -0.05) is 6.92 Å². The maximum Gasteiger partial charge on any atom is 0.328 e. The van der Waals surface area contributed by atoms with E-state index in [1.807, 2.05) is 27.7 Å². The van der Waals surface area contributed by atoms with Crippen LogP contribution in [-0.4, -0.2) is 71.1 Å². The molecule has 1 saturated heterocycles. The van der Waals surface area contributed by atoms with Gasteiger partial charge in [-0.25, -0.2) is 9.98 Å². The highest BCUT2D eigenvalue weighted by molar-refractivity contribution is 14.0. The summed E-state index contributed by atoms with van der Waals surface area (Å²) in [5, 5.41) is 4.25. The molecule has 2 heterocycles. The number of hydrogen-bond acceptors (Lipinski definition) is 7. The molecule has 0 saturated carbocycles. The minimum atomic E-state index is -0.490. The maximum absolute atomic E-state index is 11.9. The average molecular weight is 510 g/mol. The molecule has 0 amide bonds. The molecular weight excluding hydrogens is 479 g/mol. The number of ether oxygens (including phenoxy) is 1. The number of nitrogens with zero attached hydrogens (tertiary/aromatic N) is 5. The Hall–Kier alpha value is -1.17. The standard InChI is InChI=1S/C17H30N6O2S.HI/c1-6-13-20-16(26-21-13)23-10-8-22(9-11-23)15(18-7-2)19-12-14(24)25-17(3,4)5;/h6-12H2,1-5H3,(H,18,19);1H. The van der Waals surface area contributed by atoms with Gasteiger partial charge in [-0.05, 0) is 27.7 Å². The van der Waals surface area contributed by atoms with Gasteiger partial charge in [0, 0.05) is 50.7 Å².